The molecule has 0 bridgehead atoms. The largest absolute Gasteiger partial charge is 0.417 e. The molecular formula is C22H22F3N4O2+. The number of carbonyl (C=O) groups is 2. The van der Waals surface area contributed by atoms with Crippen molar-refractivity contribution >= 4 is 23.2 Å². The number of halogens is 3. The zero-order valence-corrected chi connectivity index (χ0v) is 16.9. The van der Waals surface area contributed by atoms with Crippen molar-refractivity contribution in [3.8, 4) is 0 Å². The van der Waals surface area contributed by atoms with Gasteiger partial charge in [0, 0.05) is 36.1 Å². The molecule has 0 spiro atoms. The number of alkyl halides is 3. The number of primary amides is 1. The van der Waals surface area contributed by atoms with Gasteiger partial charge in [0.15, 0.2) is 12.3 Å². The predicted molar refractivity (Wildman–Crippen MR) is 108 cm³/mol. The van der Waals surface area contributed by atoms with E-state index < -0.39 is 17.6 Å². The number of amides is 2. The lowest BCUT2D eigenvalue weighted by atomic mass is 9.81. The molecule has 1 aromatic heterocycles. The third-order valence-corrected chi connectivity index (χ3v) is 5.93. The highest BCUT2D eigenvalue weighted by molar-refractivity contribution is 6.04. The number of carbonyl (C=O) groups excluding carboxylic acids is 2. The molecular weight excluding hydrogens is 409 g/mol. The Morgan fingerprint density at radius 3 is 2.61 bits per heavy atom. The number of hydrogen-bond donors (Lipinski definition) is 2. The van der Waals surface area contributed by atoms with E-state index in [4.69, 9.17) is 5.73 Å². The Hall–Kier alpha value is -3.23. The maximum absolute atomic E-state index is 12.9. The summed E-state index contributed by atoms with van der Waals surface area (Å²) in [4.78, 5) is 27.5. The van der Waals surface area contributed by atoms with E-state index in [1.807, 2.05) is 6.07 Å². The van der Waals surface area contributed by atoms with E-state index in [-0.39, 0.29) is 23.4 Å². The maximum Gasteiger partial charge on any atom is 0.417 e. The second-order valence-electron chi connectivity index (χ2n) is 8.18. The van der Waals surface area contributed by atoms with Crippen molar-refractivity contribution in [1.29, 1.82) is 0 Å². The Bertz CT molecular complexity index is 1090. The molecule has 1 unspecified atom stereocenters. The van der Waals surface area contributed by atoms with Crippen LogP contribution in [0.1, 0.15) is 52.7 Å². The fourth-order valence-electron chi connectivity index (χ4n) is 4.14. The Kier molecular flexibility index (Phi) is 5.28. The molecule has 9 heteroatoms. The molecule has 1 aliphatic heterocycles. The molecule has 3 N–H and O–H groups in total. The molecule has 0 radical (unpaired) electrons. The number of benzene rings is 1. The summed E-state index contributed by atoms with van der Waals surface area (Å²) in [5.74, 6) is -0.644. The van der Waals surface area contributed by atoms with Gasteiger partial charge in [-0.3, -0.25) is 14.6 Å². The molecule has 1 aromatic carbocycles. The normalized spacial score (nSPS) is 20.6. The minimum absolute atomic E-state index is 0.0185. The van der Waals surface area contributed by atoms with Crippen LogP contribution in [0.15, 0.2) is 36.7 Å². The van der Waals surface area contributed by atoms with Gasteiger partial charge in [0.1, 0.15) is 6.54 Å². The molecule has 0 saturated heterocycles. The summed E-state index contributed by atoms with van der Waals surface area (Å²) in [5.41, 5.74) is 8.09. The number of aromatic nitrogens is 1. The summed E-state index contributed by atoms with van der Waals surface area (Å²) in [5, 5.41) is 2.49. The maximum atomic E-state index is 12.9. The first-order valence-electron chi connectivity index (χ1n) is 9.97. The molecule has 31 heavy (non-hydrogen) atoms. The summed E-state index contributed by atoms with van der Waals surface area (Å²) >= 11 is 0. The number of rotatable bonds is 3. The third kappa shape index (κ3) is 4.30. The molecule has 1 fully saturated rings. The molecule has 1 aliphatic carbocycles. The van der Waals surface area contributed by atoms with E-state index in [1.165, 1.54) is 11.9 Å². The molecule has 2 amide bonds. The van der Waals surface area contributed by atoms with Crippen molar-refractivity contribution in [2.45, 2.75) is 38.4 Å². The topological polar surface area (TPSA) is 88.1 Å². The average molecular weight is 431 g/mol. The molecule has 2 aromatic rings. The van der Waals surface area contributed by atoms with Gasteiger partial charge < -0.3 is 11.1 Å². The number of nitrogens with two attached hydrogens (primary N) is 1. The van der Waals surface area contributed by atoms with Crippen LogP contribution in [0, 0.1) is 5.92 Å². The molecule has 2 heterocycles. The first-order valence-corrected chi connectivity index (χ1v) is 9.97. The highest BCUT2D eigenvalue weighted by Crippen LogP contribution is 2.32. The first kappa shape index (κ1) is 21.0. The van der Waals surface area contributed by atoms with E-state index in [2.05, 4.69) is 21.8 Å². The molecule has 2 aliphatic rings. The molecule has 1 saturated carbocycles. The lowest BCUT2D eigenvalue weighted by molar-refractivity contribution is -0.555. The lowest BCUT2D eigenvalue weighted by Crippen LogP contribution is -2.42. The number of fused-ring (bicyclic) bond motifs is 1. The highest BCUT2D eigenvalue weighted by atomic mass is 19.4. The second-order valence-corrected chi connectivity index (χ2v) is 8.18. The first-order chi connectivity index (χ1) is 14.6. The smallest absolute Gasteiger partial charge is 0.369 e. The molecule has 1 atom stereocenters. The van der Waals surface area contributed by atoms with Crippen LogP contribution in [0.3, 0.4) is 0 Å². The fraction of sp³-hybridized carbons (Fsp3) is 0.364. The zero-order chi connectivity index (χ0) is 22.3. The summed E-state index contributed by atoms with van der Waals surface area (Å²) in [6.45, 7) is 3.55. The van der Waals surface area contributed by atoms with Crippen LogP contribution in [0.2, 0.25) is 0 Å². The van der Waals surface area contributed by atoms with E-state index in [0.717, 1.165) is 23.7 Å². The number of hydrogen-bond acceptors (Lipinski definition) is 3. The van der Waals surface area contributed by atoms with Gasteiger partial charge in [-0.15, -0.1) is 0 Å². The molecule has 162 valence electrons. The van der Waals surface area contributed by atoms with Gasteiger partial charge in [-0.1, -0.05) is 13.0 Å². The van der Waals surface area contributed by atoms with Crippen LogP contribution < -0.4 is 11.1 Å². The summed E-state index contributed by atoms with van der Waals surface area (Å²) in [7, 11) is 0. The van der Waals surface area contributed by atoms with Crippen molar-refractivity contribution in [1.82, 2.24) is 4.98 Å². The summed E-state index contributed by atoms with van der Waals surface area (Å²) in [6.07, 6.45) is -1.31. The minimum atomic E-state index is -4.54. The van der Waals surface area contributed by atoms with Crippen molar-refractivity contribution < 1.29 is 27.3 Å². The zero-order valence-electron chi connectivity index (χ0n) is 16.9. The average Bonchev–Trinajstić information content (AvgIpc) is 2.65. The van der Waals surface area contributed by atoms with Crippen LogP contribution >= 0.6 is 0 Å². The highest BCUT2D eigenvalue weighted by Gasteiger charge is 2.38. The summed E-state index contributed by atoms with van der Waals surface area (Å²) < 4.78 is 40.8. The number of pyridine rings is 1. The standard InChI is InChI=1S/C22H21F3N4O2/c1-12-10-29(18-5-14(6-18)20(26)30)11-15-4-13(2-3-19(12)15)21(31)28-17-7-16(8-27-9-17)22(23,24)25/h2-4,7-9,12,14H,5-6,10-11H2,1H3,(H2-,26,28,30,31)/p+1. The quantitative estimate of drug-likeness (QED) is 0.731. The van der Waals surface area contributed by atoms with Crippen molar-refractivity contribution in [2.24, 2.45) is 11.7 Å². The lowest BCUT2D eigenvalue weighted by Gasteiger charge is -2.28. The van der Waals surface area contributed by atoms with Crippen LogP contribution in [-0.4, -0.2) is 33.6 Å². The monoisotopic (exact) mass is 431 g/mol. The van der Waals surface area contributed by atoms with Gasteiger partial charge in [0.25, 0.3) is 5.91 Å². The minimum Gasteiger partial charge on any atom is -0.369 e. The molecule has 4 rings (SSSR count). The number of nitrogens with one attached hydrogen (secondary N) is 1. The van der Waals surface area contributed by atoms with Crippen molar-refractivity contribution in [3.63, 3.8) is 0 Å². The second kappa shape index (κ2) is 7.79. The van der Waals surface area contributed by atoms with E-state index >= 15 is 0 Å². The Morgan fingerprint density at radius 2 is 1.94 bits per heavy atom. The Labute approximate surface area is 177 Å². The van der Waals surface area contributed by atoms with Gasteiger partial charge in [0.2, 0.25) is 5.91 Å². The Balaban J connectivity index is 1.53. The number of nitrogens with zero attached hydrogens (tertiary/aromatic N) is 2. The van der Waals surface area contributed by atoms with E-state index in [9.17, 15) is 22.8 Å². The SMILES string of the molecule is CC1C[N+](=C2CC(C(N)=O)C2)Cc2cc(C(=O)Nc3cncc(C(F)(F)F)c3)ccc21. The van der Waals surface area contributed by atoms with E-state index in [0.29, 0.717) is 31.1 Å². The predicted octanol–water partition coefficient (Wildman–Crippen LogP) is 3.32. The fourth-order valence-corrected chi connectivity index (χ4v) is 4.14. The van der Waals surface area contributed by atoms with Crippen LogP contribution in [0.5, 0.6) is 0 Å². The Morgan fingerprint density at radius 1 is 1.19 bits per heavy atom. The van der Waals surface area contributed by atoms with Gasteiger partial charge >= 0.3 is 6.18 Å². The van der Waals surface area contributed by atoms with Gasteiger partial charge in [-0.05, 0) is 23.8 Å². The van der Waals surface area contributed by atoms with Crippen LogP contribution in [0.4, 0.5) is 18.9 Å². The van der Waals surface area contributed by atoms with Gasteiger partial charge in [-0.25, -0.2) is 4.58 Å². The van der Waals surface area contributed by atoms with Crippen molar-refractivity contribution in [2.75, 3.05) is 11.9 Å². The van der Waals surface area contributed by atoms with Gasteiger partial charge in [0.05, 0.1) is 23.4 Å². The summed E-state index contributed by atoms with van der Waals surface area (Å²) in [6, 6.07) is 6.21. The third-order valence-electron chi connectivity index (χ3n) is 5.93. The van der Waals surface area contributed by atoms with Gasteiger partial charge in [-0.2, -0.15) is 13.2 Å². The van der Waals surface area contributed by atoms with Crippen LogP contribution in [0.25, 0.3) is 0 Å². The van der Waals surface area contributed by atoms with Crippen LogP contribution in [-0.2, 0) is 17.5 Å². The van der Waals surface area contributed by atoms with Crippen molar-refractivity contribution in [3.05, 3.63) is 58.9 Å². The molecule has 6 nitrogen and oxygen atoms in total. The van der Waals surface area contributed by atoms with E-state index in [1.54, 1.807) is 12.1 Å². The number of anilines is 1.